The van der Waals surface area contributed by atoms with Crippen LogP contribution in [0.2, 0.25) is 0 Å². The zero-order valence-electron chi connectivity index (χ0n) is 22.2. The molecule has 1 amide bonds. The fourth-order valence-corrected chi connectivity index (χ4v) is 3.81. The molecule has 0 bridgehead atoms. The van der Waals surface area contributed by atoms with Crippen LogP contribution in [0.1, 0.15) is 11.1 Å². The highest BCUT2D eigenvalue weighted by Gasteiger charge is 2.36. The molecule has 2 unspecified atom stereocenters. The number of methoxy groups -OCH3 is 3. The molecule has 198 valence electrons. The minimum atomic E-state index is -0.474. The molecule has 2 aromatic rings. The Morgan fingerprint density at radius 2 is 1.62 bits per heavy atom. The molecule has 1 fully saturated rings. The van der Waals surface area contributed by atoms with Gasteiger partial charge in [0.1, 0.15) is 6.61 Å². The van der Waals surface area contributed by atoms with Crippen LogP contribution in [-0.2, 0) is 16.0 Å². The lowest BCUT2D eigenvalue weighted by Crippen LogP contribution is -2.35. The molecule has 0 saturated carbocycles. The second-order valence-electron chi connectivity index (χ2n) is 8.96. The summed E-state index contributed by atoms with van der Waals surface area (Å²) < 4.78 is 26.9. The highest BCUT2D eigenvalue weighted by molar-refractivity contribution is 5.76. The summed E-state index contributed by atoms with van der Waals surface area (Å²) in [6.45, 7) is 1.48. The van der Waals surface area contributed by atoms with Crippen LogP contribution in [0, 0.1) is 23.7 Å². The van der Waals surface area contributed by atoms with Gasteiger partial charge in [0.05, 0.1) is 33.2 Å². The second kappa shape index (κ2) is 12.9. The van der Waals surface area contributed by atoms with Crippen LogP contribution in [0.5, 0.6) is 23.0 Å². The van der Waals surface area contributed by atoms with Gasteiger partial charge in [-0.15, -0.1) is 0 Å². The molecular formula is C28H34N2O7. The molecule has 1 saturated heterocycles. The van der Waals surface area contributed by atoms with Gasteiger partial charge in [-0.05, 0) is 56.4 Å². The first-order chi connectivity index (χ1) is 17.7. The van der Waals surface area contributed by atoms with E-state index >= 15 is 0 Å². The van der Waals surface area contributed by atoms with Crippen molar-refractivity contribution in [2.24, 2.45) is 11.8 Å². The Hall–Kier alpha value is -3.90. The van der Waals surface area contributed by atoms with Crippen LogP contribution in [0.4, 0.5) is 4.79 Å². The average molecular weight is 511 g/mol. The van der Waals surface area contributed by atoms with Crippen molar-refractivity contribution in [2.45, 2.75) is 6.42 Å². The second-order valence-corrected chi connectivity index (χ2v) is 8.96. The van der Waals surface area contributed by atoms with Crippen LogP contribution < -0.4 is 18.9 Å². The Labute approximate surface area is 218 Å². The molecule has 1 aliphatic rings. The van der Waals surface area contributed by atoms with Gasteiger partial charge in [0, 0.05) is 25.7 Å². The first kappa shape index (κ1) is 27.7. The number of carbonyl (C=O) groups is 2. The maximum absolute atomic E-state index is 12.5. The van der Waals surface area contributed by atoms with Gasteiger partial charge < -0.3 is 33.5 Å². The summed E-state index contributed by atoms with van der Waals surface area (Å²) >= 11 is 0. The van der Waals surface area contributed by atoms with Crippen LogP contribution in [0.25, 0.3) is 0 Å². The van der Waals surface area contributed by atoms with Gasteiger partial charge in [-0.3, -0.25) is 4.79 Å². The van der Waals surface area contributed by atoms with Crippen LogP contribution >= 0.6 is 0 Å². The van der Waals surface area contributed by atoms with E-state index < -0.39 is 12.0 Å². The maximum atomic E-state index is 12.5. The molecule has 0 N–H and O–H groups in total. The molecule has 0 radical (unpaired) electrons. The molecule has 0 aromatic heterocycles. The quantitative estimate of drug-likeness (QED) is 0.376. The van der Waals surface area contributed by atoms with Crippen molar-refractivity contribution >= 4 is 12.1 Å². The van der Waals surface area contributed by atoms with Gasteiger partial charge in [0.15, 0.2) is 23.0 Å². The number of ether oxygens (including phenoxy) is 5. The predicted octanol–water partition coefficient (Wildman–Crippen LogP) is 3.09. The number of amides is 1. The van der Waals surface area contributed by atoms with E-state index in [0.717, 1.165) is 17.7 Å². The van der Waals surface area contributed by atoms with E-state index in [-0.39, 0.29) is 18.5 Å². The van der Waals surface area contributed by atoms with Crippen molar-refractivity contribution in [3.8, 4) is 34.8 Å². The molecule has 3 rings (SSSR count). The van der Waals surface area contributed by atoms with Crippen molar-refractivity contribution in [3.63, 3.8) is 0 Å². The summed E-state index contributed by atoms with van der Waals surface area (Å²) in [6.07, 6.45) is -0.0602. The van der Waals surface area contributed by atoms with E-state index in [4.69, 9.17) is 23.7 Å². The van der Waals surface area contributed by atoms with Crippen LogP contribution in [-0.4, -0.2) is 84.0 Å². The lowest BCUT2D eigenvalue weighted by atomic mass is 9.89. The van der Waals surface area contributed by atoms with E-state index in [2.05, 4.69) is 11.8 Å². The normalized spacial score (nSPS) is 16.5. The summed E-state index contributed by atoms with van der Waals surface area (Å²) in [7, 11) is 10.2. The molecule has 1 aliphatic heterocycles. The van der Waals surface area contributed by atoms with Crippen molar-refractivity contribution < 1.29 is 33.3 Å². The number of nitrogens with zero attached hydrogens (tertiary/aromatic N) is 2. The maximum Gasteiger partial charge on any atom is 0.415 e. The first-order valence-electron chi connectivity index (χ1n) is 11.9. The molecule has 9 heteroatoms. The largest absolute Gasteiger partial charge is 0.493 e. The van der Waals surface area contributed by atoms with Crippen molar-refractivity contribution in [2.75, 3.05) is 62.2 Å². The summed E-state index contributed by atoms with van der Waals surface area (Å²) in [5.41, 5.74) is 1.60. The Kier molecular flexibility index (Phi) is 9.64. The standard InChI is InChI=1S/C28H34N2O7/c1-29(2)13-14-30(3)28(32)37-24-12-9-20(17-26(24)35-6)15-22-21(18-36-27(22)31)10-7-19-8-11-23(33-4)25(16-19)34-5/h8-9,11-12,16-17,21-22H,13-15,18H2,1-6H3. The van der Waals surface area contributed by atoms with E-state index in [1.165, 1.54) is 12.0 Å². The SMILES string of the molecule is COc1ccc(C#CC2COC(=O)C2Cc2ccc(OC(=O)N(C)CCN(C)C)c(OC)c2)cc1OC. The zero-order valence-corrected chi connectivity index (χ0v) is 22.2. The van der Waals surface area contributed by atoms with Gasteiger partial charge >= 0.3 is 12.1 Å². The molecule has 0 spiro atoms. The Balaban J connectivity index is 1.71. The Morgan fingerprint density at radius 1 is 0.946 bits per heavy atom. The van der Waals surface area contributed by atoms with Crippen molar-refractivity contribution in [1.82, 2.24) is 9.80 Å². The minimum absolute atomic E-state index is 0.232. The lowest BCUT2D eigenvalue weighted by Gasteiger charge is -2.20. The number of benzene rings is 2. The van der Waals surface area contributed by atoms with Crippen molar-refractivity contribution in [1.29, 1.82) is 0 Å². The number of cyclic esters (lactones) is 1. The van der Waals surface area contributed by atoms with Crippen LogP contribution in [0.3, 0.4) is 0 Å². The number of rotatable bonds is 9. The van der Waals surface area contributed by atoms with Crippen molar-refractivity contribution in [3.05, 3.63) is 47.5 Å². The molecule has 1 heterocycles. The highest BCUT2D eigenvalue weighted by Crippen LogP contribution is 2.32. The summed E-state index contributed by atoms with van der Waals surface area (Å²) in [5.74, 6) is 7.25. The lowest BCUT2D eigenvalue weighted by molar-refractivity contribution is -0.141. The van der Waals surface area contributed by atoms with E-state index in [9.17, 15) is 9.59 Å². The fourth-order valence-electron chi connectivity index (χ4n) is 3.81. The number of hydrogen-bond acceptors (Lipinski definition) is 8. The van der Waals surface area contributed by atoms with Crippen LogP contribution in [0.15, 0.2) is 36.4 Å². The van der Waals surface area contributed by atoms with Gasteiger partial charge in [-0.2, -0.15) is 0 Å². The molecule has 37 heavy (non-hydrogen) atoms. The summed E-state index contributed by atoms with van der Waals surface area (Å²) in [5, 5.41) is 0. The number of carbonyl (C=O) groups excluding carboxylic acids is 2. The van der Waals surface area contributed by atoms with Gasteiger partial charge in [-0.25, -0.2) is 4.79 Å². The summed E-state index contributed by atoms with van der Waals surface area (Å²) in [6, 6.07) is 10.7. The van der Waals surface area contributed by atoms with E-state index in [1.54, 1.807) is 45.5 Å². The number of likely N-dealkylation sites (N-methyl/N-ethyl adjacent to an activating group) is 2. The molecule has 0 aliphatic carbocycles. The molecule has 2 atom stereocenters. The monoisotopic (exact) mass is 510 g/mol. The summed E-state index contributed by atoms with van der Waals surface area (Å²) in [4.78, 5) is 28.4. The van der Waals surface area contributed by atoms with E-state index in [1.807, 2.05) is 31.1 Å². The number of esters is 1. The third kappa shape index (κ3) is 7.30. The molecule has 2 aromatic carbocycles. The Morgan fingerprint density at radius 3 is 2.30 bits per heavy atom. The third-order valence-corrected chi connectivity index (χ3v) is 6.05. The minimum Gasteiger partial charge on any atom is -0.493 e. The van der Waals surface area contributed by atoms with Gasteiger partial charge in [0.25, 0.3) is 0 Å². The zero-order chi connectivity index (χ0) is 26.9. The highest BCUT2D eigenvalue weighted by atomic mass is 16.6. The van der Waals surface area contributed by atoms with E-state index in [0.29, 0.717) is 36.0 Å². The smallest absolute Gasteiger partial charge is 0.415 e. The fraction of sp³-hybridized carbons (Fsp3) is 0.429. The number of hydrogen-bond donors (Lipinski definition) is 0. The van der Waals surface area contributed by atoms with Gasteiger partial charge in [-0.1, -0.05) is 17.9 Å². The van der Waals surface area contributed by atoms with Gasteiger partial charge in [0.2, 0.25) is 0 Å². The molecular weight excluding hydrogens is 476 g/mol. The average Bonchev–Trinajstić information content (AvgIpc) is 3.24. The Bertz CT molecular complexity index is 1170. The predicted molar refractivity (Wildman–Crippen MR) is 138 cm³/mol. The first-order valence-corrected chi connectivity index (χ1v) is 11.9. The third-order valence-electron chi connectivity index (χ3n) is 6.05. The molecule has 9 nitrogen and oxygen atoms in total. The topological polar surface area (TPSA) is 86.8 Å².